The molecule has 17 heavy (non-hydrogen) atoms. The number of likely N-dealkylation sites (tertiary alicyclic amines) is 1. The highest BCUT2D eigenvalue weighted by atomic mass is 79.9. The van der Waals surface area contributed by atoms with E-state index in [1.54, 1.807) is 6.20 Å². The number of nitrogen functional groups attached to an aromatic ring is 1. The average molecular weight is 300 g/mol. The normalized spacial score (nSPS) is 20.7. The smallest absolute Gasteiger partial charge is 0.221 e. The Morgan fingerprint density at radius 1 is 1.65 bits per heavy atom. The van der Waals surface area contributed by atoms with Gasteiger partial charge in [-0.25, -0.2) is 4.98 Å². The highest BCUT2D eigenvalue weighted by molar-refractivity contribution is 9.10. The van der Waals surface area contributed by atoms with Gasteiger partial charge in [-0.2, -0.15) is 4.98 Å². The maximum Gasteiger partial charge on any atom is 0.221 e. The summed E-state index contributed by atoms with van der Waals surface area (Å²) < 4.78 is 0.854. The largest absolute Gasteiger partial charge is 0.368 e. The van der Waals surface area contributed by atoms with Crippen molar-refractivity contribution in [1.82, 2.24) is 14.9 Å². The van der Waals surface area contributed by atoms with Crippen molar-refractivity contribution < 1.29 is 0 Å². The number of hydrogen-bond donors (Lipinski definition) is 2. The van der Waals surface area contributed by atoms with Crippen LogP contribution in [0.5, 0.6) is 0 Å². The highest BCUT2D eigenvalue weighted by Gasteiger charge is 2.22. The van der Waals surface area contributed by atoms with Crippen molar-refractivity contribution >= 4 is 27.7 Å². The molecule has 1 aliphatic heterocycles. The number of hydrogen-bond acceptors (Lipinski definition) is 5. The average Bonchev–Trinajstić information content (AvgIpc) is 2.77. The van der Waals surface area contributed by atoms with Crippen LogP contribution in [0.15, 0.2) is 10.7 Å². The Bertz CT molecular complexity index is 384. The monoisotopic (exact) mass is 299 g/mol. The Morgan fingerprint density at radius 3 is 3.24 bits per heavy atom. The van der Waals surface area contributed by atoms with Crippen LogP contribution in [0.4, 0.5) is 11.8 Å². The molecule has 0 amide bonds. The Kier molecular flexibility index (Phi) is 4.17. The van der Waals surface area contributed by atoms with E-state index in [0.29, 0.717) is 12.0 Å². The van der Waals surface area contributed by atoms with E-state index in [2.05, 4.69) is 43.0 Å². The first-order valence-corrected chi connectivity index (χ1v) is 6.76. The minimum absolute atomic E-state index is 0.300. The van der Waals surface area contributed by atoms with Crippen molar-refractivity contribution in [2.45, 2.75) is 25.8 Å². The SMILES string of the molecule is CCN1CCCC1CNc1nc(N)ncc1Br. The van der Waals surface area contributed by atoms with Gasteiger partial charge in [0.25, 0.3) is 0 Å². The number of nitrogens with two attached hydrogens (primary N) is 1. The summed E-state index contributed by atoms with van der Waals surface area (Å²) in [6, 6.07) is 0.600. The Morgan fingerprint density at radius 2 is 2.47 bits per heavy atom. The summed E-state index contributed by atoms with van der Waals surface area (Å²) in [6.45, 7) is 5.43. The molecule has 2 rings (SSSR count). The second kappa shape index (κ2) is 5.64. The summed E-state index contributed by atoms with van der Waals surface area (Å²) in [6.07, 6.45) is 4.21. The molecule has 0 saturated carbocycles. The standard InChI is InChI=1S/C11H18BrN5/c1-2-17-5-3-4-8(17)6-14-10-9(12)7-15-11(13)16-10/h7-8H,2-6H2,1H3,(H3,13,14,15,16). The zero-order valence-corrected chi connectivity index (χ0v) is 11.6. The van der Waals surface area contributed by atoms with Crippen molar-refractivity contribution in [1.29, 1.82) is 0 Å². The van der Waals surface area contributed by atoms with Crippen molar-refractivity contribution in [3.63, 3.8) is 0 Å². The zero-order valence-electron chi connectivity index (χ0n) is 9.99. The van der Waals surface area contributed by atoms with Crippen LogP contribution in [0.25, 0.3) is 0 Å². The van der Waals surface area contributed by atoms with E-state index in [1.807, 2.05) is 0 Å². The molecule has 0 radical (unpaired) electrons. The van der Waals surface area contributed by atoms with Gasteiger partial charge >= 0.3 is 0 Å². The second-order valence-electron chi connectivity index (χ2n) is 4.23. The molecule has 5 nitrogen and oxygen atoms in total. The van der Waals surface area contributed by atoms with E-state index >= 15 is 0 Å². The molecule has 0 aromatic carbocycles. The third-order valence-electron chi connectivity index (χ3n) is 3.17. The fourth-order valence-electron chi connectivity index (χ4n) is 2.26. The lowest BCUT2D eigenvalue weighted by Gasteiger charge is -2.23. The molecule has 94 valence electrons. The molecular formula is C11H18BrN5. The number of rotatable bonds is 4. The third-order valence-corrected chi connectivity index (χ3v) is 3.75. The molecular weight excluding hydrogens is 282 g/mol. The van der Waals surface area contributed by atoms with E-state index in [9.17, 15) is 0 Å². The van der Waals surface area contributed by atoms with Crippen LogP contribution >= 0.6 is 15.9 Å². The van der Waals surface area contributed by atoms with Gasteiger partial charge in [0.2, 0.25) is 5.95 Å². The van der Waals surface area contributed by atoms with Gasteiger partial charge in [-0.1, -0.05) is 6.92 Å². The van der Waals surface area contributed by atoms with Crippen LogP contribution in [0.3, 0.4) is 0 Å². The summed E-state index contributed by atoms with van der Waals surface area (Å²) in [5, 5.41) is 3.34. The predicted octanol–water partition coefficient (Wildman–Crippen LogP) is 1.72. The lowest BCUT2D eigenvalue weighted by atomic mass is 10.2. The number of halogens is 1. The van der Waals surface area contributed by atoms with Crippen LogP contribution in [0.2, 0.25) is 0 Å². The molecule has 1 aromatic rings. The van der Waals surface area contributed by atoms with Crippen LogP contribution < -0.4 is 11.1 Å². The second-order valence-corrected chi connectivity index (χ2v) is 5.08. The van der Waals surface area contributed by atoms with Gasteiger partial charge in [0.1, 0.15) is 5.82 Å². The number of likely N-dealkylation sites (N-methyl/N-ethyl adjacent to an activating group) is 1. The molecule has 0 aliphatic carbocycles. The molecule has 1 atom stereocenters. The van der Waals surface area contributed by atoms with E-state index in [-0.39, 0.29) is 0 Å². The van der Waals surface area contributed by atoms with Crippen molar-refractivity contribution in [3.8, 4) is 0 Å². The van der Waals surface area contributed by atoms with E-state index in [4.69, 9.17) is 5.73 Å². The number of anilines is 2. The fourth-order valence-corrected chi connectivity index (χ4v) is 2.59. The summed E-state index contributed by atoms with van der Waals surface area (Å²) >= 11 is 3.42. The summed E-state index contributed by atoms with van der Waals surface area (Å²) in [5.74, 6) is 1.08. The number of aromatic nitrogens is 2. The lowest BCUT2D eigenvalue weighted by Crippen LogP contribution is -2.34. The molecule has 1 aromatic heterocycles. The molecule has 1 saturated heterocycles. The van der Waals surface area contributed by atoms with Gasteiger partial charge in [-0.3, -0.25) is 4.90 Å². The topological polar surface area (TPSA) is 67.1 Å². The predicted molar refractivity (Wildman–Crippen MR) is 72.9 cm³/mol. The van der Waals surface area contributed by atoms with Gasteiger partial charge < -0.3 is 11.1 Å². The summed E-state index contributed by atoms with van der Waals surface area (Å²) in [4.78, 5) is 10.6. The van der Waals surface area contributed by atoms with Crippen LogP contribution in [0.1, 0.15) is 19.8 Å². The Balaban J connectivity index is 1.95. The highest BCUT2D eigenvalue weighted by Crippen LogP contribution is 2.21. The third kappa shape index (κ3) is 3.07. The first kappa shape index (κ1) is 12.6. The fraction of sp³-hybridized carbons (Fsp3) is 0.636. The zero-order chi connectivity index (χ0) is 12.3. The molecule has 3 N–H and O–H groups in total. The molecule has 0 spiro atoms. The maximum absolute atomic E-state index is 5.57. The van der Waals surface area contributed by atoms with E-state index in [1.165, 1.54) is 19.4 Å². The number of nitrogens with one attached hydrogen (secondary N) is 1. The quantitative estimate of drug-likeness (QED) is 0.886. The van der Waals surface area contributed by atoms with Crippen molar-refractivity contribution in [2.75, 3.05) is 30.7 Å². The molecule has 0 bridgehead atoms. The summed E-state index contributed by atoms with van der Waals surface area (Å²) in [5.41, 5.74) is 5.57. The molecule has 1 aliphatic rings. The Labute approximate surface area is 110 Å². The summed E-state index contributed by atoms with van der Waals surface area (Å²) in [7, 11) is 0. The molecule has 2 heterocycles. The minimum atomic E-state index is 0.300. The minimum Gasteiger partial charge on any atom is -0.368 e. The molecule has 1 fully saturated rings. The van der Waals surface area contributed by atoms with Crippen molar-refractivity contribution in [3.05, 3.63) is 10.7 Å². The van der Waals surface area contributed by atoms with Gasteiger partial charge in [-0.05, 0) is 41.9 Å². The van der Waals surface area contributed by atoms with Gasteiger partial charge in [0.15, 0.2) is 0 Å². The first-order valence-electron chi connectivity index (χ1n) is 5.96. The molecule has 1 unspecified atom stereocenters. The van der Waals surface area contributed by atoms with Crippen LogP contribution in [-0.4, -0.2) is 40.5 Å². The number of nitrogens with zero attached hydrogens (tertiary/aromatic N) is 3. The van der Waals surface area contributed by atoms with Gasteiger partial charge in [0.05, 0.1) is 4.47 Å². The van der Waals surface area contributed by atoms with E-state index < -0.39 is 0 Å². The van der Waals surface area contributed by atoms with E-state index in [0.717, 1.165) is 23.4 Å². The van der Waals surface area contributed by atoms with Gasteiger partial charge in [0, 0.05) is 18.8 Å². The first-order chi connectivity index (χ1) is 8.20. The molecule has 6 heteroatoms. The van der Waals surface area contributed by atoms with Gasteiger partial charge in [-0.15, -0.1) is 0 Å². The van der Waals surface area contributed by atoms with Crippen molar-refractivity contribution in [2.24, 2.45) is 0 Å². The van der Waals surface area contributed by atoms with Crippen LogP contribution in [-0.2, 0) is 0 Å². The Hall–Kier alpha value is -0.880. The van der Waals surface area contributed by atoms with Crippen LogP contribution in [0, 0.1) is 0 Å². The lowest BCUT2D eigenvalue weighted by molar-refractivity contribution is 0.277. The maximum atomic E-state index is 5.57.